The Morgan fingerprint density at radius 1 is 1.29 bits per heavy atom. The number of nitrogens with one attached hydrogen (secondary N) is 1. The molecule has 0 radical (unpaired) electrons. The Balaban J connectivity index is 1.56. The normalized spacial score (nSPS) is 16.7. The van der Waals surface area contributed by atoms with Gasteiger partial charge in [0.1, 0.15) is 0 Å². The van der Waals surface area contributed by atoms with E-state index in [9.17, 15) is 4.79 Å². The third-order valence-electron chi connectivity index (χ3n) is 4.68. The van der Waals surface area contributed by atoms with Gasteiger partial charge in [-0.05, 0) is 60.9 Å². The van der Waals surface area contributed by atoms with Gasteiger partial charge in [0.15, 0.2) is 0 Å². The summed E-state index contributed by atoms with van der Waals surface area (Å²) in [6, 6.07) is 7.67. The van der Waals surface area contributed by atoms with Crippen molar-refractivity contribution >= 4 is 40.4 Å². The summed E-state index contributed by atoms with van der Waals surface area (Å²) in [7, 11) is 0. The highest BCUT2D eigenvalue weighted by Gasteiger charge is 2.21. The maximum Gasteiger partial charge on any atom is 0.261 e. The van der Waals surface area contributed by atoms with Crippen LogP contribution in [-0.2, 0) is 19.3 Å². The molecule has 0 spiro atoms. The fourth-order valence-corrected chi connectivity index (χ4v) is 4.70. The van der Waals surface area contributed by atoms with Crippen molar-refractivity contribution in [3.63, 3.8) is 0 Å². The Bertz CT molecular complexity index is 741. The van der Waals surface area contributed by atoms with Crippen LogP contribution in [0.3, 0.4) is 0 Å². The lowest BCUT2D eigenvalue weighted by molar-refractivity contribution is 0.0958. The Hall–Kier alpha value is -1.03. The van der Waals surface area contributed by atoms with E-state index in [1.807, 2.05) is 12.1 Å². The molecule has 1 unspecified atom stereocenters. The van der Waals surface area contributed by atoms with Crippen LogP contribution < -0.4 is 5.32 Å². The highest BCUT2D eigenvalue weighted by atomic mass is 35.5. The Kier molecular flexibility index (Phi) is 5.85. The first kappa shape index (κ1) is 17.8. The second kappa shape index (κ2) is 7.90. The van der Waals surface area contributed by atoms with E-state index in [0.717, 1.165) is 35.6 Å². The lowest BCUT2D eigenvalue weighted by Gasteiger charge is -2.19. The molecule has 0 saturated heterocycles. The molecule has 1 aliphatic rings. The van der Waals surface area contributed by atoms with Gasteiger partial charge in [-0.2, -0.15) is 0 Å². The first-order chi connectivity index (χ1) is 11.6. The van der Waals surface area contributed by atoms with Gasteiger partial charge in [-0.25, -0.2) is 0 Å². The number of halogens is 2. The Morgan fingerprint density at radius 3 is 2.88 bits per heavy atom. The zero-order chi connectivity index (χ0) is 17.1. The van der Waals surface area contributed by atoms with Gasteiger partial charge in [-0.15, -0.1) is 11.3 Å². The van der Waals surface area contributed by atoms with E-state index in [1.54, 1.807) is 17.4 Å². The lowest BCUT2D eigenvalue weighted by atomic mass is 9.87. The molecule has 2 aromatic rings. The van der Waals surface area contributed by atoms with Crippen LogP contribution in [0.15, 0.2) is 24.3 Å². The molecule has 1 aliphatic carbocycles. The lowest BCUT2D eigenvalue weighted by Crippen LogP contribution is -2.24. The predicted molar refractivity (Wildman–Crippen MR) is 103 cm³/mol. The second-order valence-electron chi connectivity index (χ2n) is 6.33. The van der Waals surface area contributed by atoms with Crippen LogP contribution in [0.4, 0.5) is 0 Å². The van der Waals surface area contributed by atoms with E-state index in [0.29, 0.717) is 16.6 Å². The summed E-state index contributed by atoms with van der Waals surface area (Å²) < 4.78 is 0. The van der Waals surface area contributed by atoms with Gasteiger partial charge >= 0.3 is 0 Å². The summed E-state index contributed by atoms with van der Waals surface area (Å²) in [5.41, 5.74) is 2.44. The van der Waals surface area contributed by atoms with Crippen LogP contribution in [-0.4, -0.2) is 12.5 Å². The van der Waals surface area contributed by atoms with E-state index in [4.69, 9.17) is 23.2 Å². The molecule has 1 amide bonds. The molecule has 24 heavy (non-hydrogen) atoms. The summed E-state index contributed by atoms with van der Waals surface area (Å²) in [5.74, 6) is 0.809. The van der Waals surface area contributed by atoms with Crippen molar-refractivity contribution in [3.05, 3.63) is 55.2 Å². The molecular formula is C19H21Cl2NOS. The summed E-state index contributed by atoms with van der Waals surface area (Å²) in [4.78, 5) is 14.6. The summed E-state index contributed by atoms with van der Waals surface area (Å²) in [5, 5.41) is 4.12. The molecule has 5 heteroatoms. The molecule has 0 aliphatic heterocycles. The first-order valence-corrected chi connectivity index (χ1v) is 9.97. The van der Waals surface area contributed by atoms with E-state index in [-0.39, 0.29) is 5.91 Å². The molecule has 1 N–H and O–H groups in total. The summed E-state index contributed by atoms with van der Waals surface area (Å²) in [6.07, 6.45) is 5.46. The average molecular weight is 382 g/mol. The number of thiophene rings is 1. The van der Waals surface area contributed by atoms with Gasteiger partial charge in [-0.3, -0.25) is 4.79 Å². The van der Waals surface area contributed by atoms with Crippen LogP contribution in [0, 0.1) is 5.92 Å². The SMILES string of the molecule is CCC1CCc2cc(C(=O)NCCc3ccc(Cl)c(Cl)c3)sc2C1. The topological polar surface area (TPSA) is 29.1 Å². The number of hydrogen-bond acceptors (Lipinski definition) is 2. The minimum Gasteiger partial charge on any atom is -0.351 e. The fraction of sp³-hybridized carbons (Fsp3) is 0.421. The Morgan fingerprint density at radius 2 is 2.12 bits per heavy atom. The fourth-order valence-electron chi connectivity index (χ4n) is 3.14. The summed E-state index contributed by atoms with van der Waals surface area (Å²) >= 11 is 13.6. The van der Waals surface area contributed by atoms with Gasteiger partial charge < -0.3 is 5.32 Å². The summed E-state index contributed by atoms with van der Waals surface area (Å²) in [6.45, 7) is 2.84. The van der Waals surface area contributed by atoms with Crippen LogP contribution in [0.5, 0.6) is 0 Å². The highest BCUT2D eigenvalue weighted by Crippen LogP contribution is 2.33. The quantitative estimate of drug-likeness (QED) is 0.723. The minimum absolute atomic E-state index is 0.0301. The third-order valence-corrected chi connectivity index (χ3v) is 6.61. The molecule has 0 saturated carbocycles. The zero-order valence-electron chi connectivity index (χ0n) is 13.7. The number of amides is 1. The minimum atomic E-state index is 0.0301. The molecule has 2 nitrogen and oxygen atoms in total. The predicted octanol–water partition coefficient (Wildman–Crippen LogP) is 5.54. The molecule has 1 atom stereocenters. The second-order valence-corrected chi connectivity index (χ2v) is 8.28. The third kappa shape index (κ3) is 4.14. The van der Waals surface area contributed by atoms with Crippen molar-refractivity contribution in [2.75, 3.05) is 6.54 Å². The first-order valence-electron chi connectivity index (χ1n) is 8.40. The monoisotopic (exact) mass is 381 g/mol. The van der Waals surface area contributed by atoms with Crippen molar-refractivity contribution in [3.8, 4) is 0 Å². The maximum absolute atomic E-state index is 12.4. The molecule has 1 aromatic heterocycles. The van der Waals surface area contributed by atoms with Gasteiger partial charge in [0.05, 0.1) is 14.9 Å². The van der Waals surface area contributed by atoms with Gasteiger partial charge in [0.25, 0.3) is 5.91 Å². The molecule has 0 fully saturated rings. The number of aryl methyl sites for hydroxylation is 1. The largest absolute Gasteiger partial charge is 0.351 e. The number of rotatable bonds is 5. The zero-order valence-corrected chi connectivity index (χ0v) is 16.0. The van der Waals surface area contributed by atoms with Gasteiger partial charge in [0.2, 0.25) is 0 Å². The van der Waals surface area contributed by atoms with Gasteiger partial charge in [-0.1, -0.05) is 42.6 Å². The molecule has 1 aromatic carbocycles. The van der Waals surface area contributed by atoms with E-state index < -0.39 is 0 Å². The van der Waals surface area contributed by atoms with Crippen molar-refractivity contribution in [2.45, 2.75) is 39.0 Å². The highest BCUT2D eigenvalue weighted by molar-refractivity contribution is 7.14. The van der Waals surface area contributed by atoms with Crippen molar-refractivity contribution in [1.82, 2.24) is 5.32 Å². The number of carbonyl (C=O) groups excluding carboxylic acids is 1. The maximum atomic E-state index is 12.4. The van der Waals surface area contributed by atoms with Gasteiger partial charge in [0, 0.05) is 11.4 Å². The van der Waals surface area contributed by atoms with E-state index in [2.05, 4.69) is 18.3 Å². The van der Waals surface area contributed by atoms with Crippen molar-refractivity contribution in [1.29, 1.82) is 0 Å². The van der Waals surface area contributed by atoms with Crippen LogP contribution in [0.2, 0.25) is 10.0 Å². The molecular weight excluding hydrogens is 361 g/mol. The molecule has 1 heterocycles. The van der Waals surface area contributed by atoms with Crippen LogP contribution in [0.1, 0.15) is 45.4 Å². The van der Waals surface area contributed by atoms with Crippen molar-refractivity contribution < 1.29 is 4.79 Å². The molecule has 0 bridgehead atoms. The average Bonchev–Trinajstić information content (AvgIpc) is 3.01. The van der Waals surface area contributed by atoms with E-state index in [1.165, 1.54) is 23.3 Å². The van der Waals surface area contributed by atoms with Crippen LogP contribution >= 0.6 is 34.5 Å². The Labute approximate surface area is 157 Å². The molecule has 128 valence electrons. The number of benzene rings is 1. The number of carbonyl (C=O) groups is 1. The van der Waals surface area contributed by atoms with Crippen molar-refractivity contribution in [2.24, 2.45) is 5.92 Å². The number of fused-ring (bicyclic) bond motifs is 1. The van der Waals surface area contributed by atoms with E-state index >= 15 is 0 Å². The smallest absolute Gasteiger partial charge is 0.261 e. The molecule has 3 rings (SSSR count). The number of hydrogen-bond donors (Lipinski definition) is 1. The van der Waals surface area contributed by atoms with Crippen LogP contribution in [0.25, 0.3) is 0 Å². The standard InChI is InChI=1S/C19H21Cl2NOS/c1-2-12-3-5-14-11-18(24-17(14)10-12)19(23)22-8-7-13-4-6-15(20)16(21)9-13/h4,6,9,11-12H,2-3,5,7-8,10H2,1H3,(H,22,23).